The van der Waals surface area contributed by atoms with Crippen LogP contribution >= 0.6 is 0 Å². The second kappa shape index (κ2) is 8.00. The van der Waals surface area contributed by atoms with Crippen molar-refractivity contribution in [3.63, 3.8) is 0 Å². The number of furan rings is 1. The summed E-state index contributed by atoms with van der Waals surface area (Å²) in [5.41, 5.74) is 5.13. The lowest BCUT2D eigenvalue weighted by molar-refractivity contribution is -0.384. The number of aromatic nitrogens is 1. The lowest BCUT2D eigenvalue weighted by Gasteiger charge is -2.05. The van der Waals surface area contributed by atoms with Gasteiger partial charge in [-0.25, -0.2) is 0 Å². The van der Waals surface area contributed by atoms with Crippen LogP contribution in [-0.2, 0) is 11.2 Å². The summed E-state index contributed by atoms with van der Waals surface area (Å²) >= 11 is 0. The molecule has 0 unspecified atom stereocenters. The molecule has 0 spiro atoms. The number of amides is 2. The summed E-state index contributed by atoms with van der Waals surface area (Å²) in [6.45, 7) is 0. The first-order valence-corrected chi connectivity index (χ1v) is 8.09. The van der Waals surface area contributed by atoms with Gasteiger partial charge in [0.05, 0.1) is 11.1 Å². The van der Waals surface area contributed by atoms with Crippen LogP contribution in [-0.4, -0.2) is 21.7 Å². The van der Waals surface area contributed by atoms with Gasteiger partial charge in [-0.3, -0.25) is 30.6 Å². The molecule has 0 saturated carbocycles. The van der Waals surface area contributed by atoms with E-state index in [1.165, 1.54) is 0 Å². The lowest BCUT2D eigenvalue weighted by Crippen LogP contribution is -2.41. The van der Waals surface area contributed by atoms with E-state index in [0.717, 1.165) is 17.8 Å². The highest BCUT2D eigenvalue weighted by Gasteiger charge is 2.15. The summed E-state index contributed by atoms with van der Waals surface area (Å²) in [6, 6.07) is 14.3. The van der Waals surface area contributed by atoms with Crippen molar-refractivity contribution >= 4 is 17.5 Å². The van der Waals surface area contributed by atoms with Crippen molar-refractivity contribution in [2.75, 3.05) is 0 Å². The van der Waals surface area contributed by atoms with Crippen LogP contribution in [0, 0.1) is 10.1 Å². The number of hydrazine groups is 1. The molecule has 9 nitrogen and oxygen atoms in total. The molecule has 3 N–H and O–H groups in total. The van der Waals surface area contributed by atoms with Gasteiger partial charge in [-0.2, -0.15) is 0 Å². The zero-order valence-corrected chi connectivity index (χ0v) is 14.1. The quantitative estimate of drug-likeness (QED) is 0.455. The number of rotatable bonds is 6. The van der Waals surface area contributed by atoms with E-state index in [1.807, 2.05) is 36.4 Å². The summed E-state index contributed by atoms with van der Waals surface area (Å²) in [5, 5.41) is 10.6. The maximum Gasteiger partial charge on any atom is 0.287 e. The van der Waals surface area contributed by atoms with Crippen molar-refractivity contribution in [3.05, 3.63) is 76.3 Å². The van der Waals surface area contributed by atoms with E-state index in [9.17, 15) is 19.7 Å². The van der Waals surface area contributed by atoms with Crippen molar-refractivity contribution in [2.24, 2.45) is 0 Å². The molecule has 1 aromatic carbocycles. The van der Waals surface area contributed by atoms with E-state index in [0.29, 0.717) is 17.9 Å². The maximum atomic E-state index is 11.9. The van der Waals surface area contributed by atoms with Gasteiger partial charge >= 0.3 is 0 Å². The van der Waals surface area contributed by atoms with Crippen molar-refractivity contribution in [3.8, 4) is 11.3 Å². The Kier molecular flexibility index (Phi) is 5.31. The third-order valence-corrected chi connectivity index (χ3v) is 3.76. The average molecular weight is 368 g/mol. The van der Waals surface area contributed by atoms with Crippen molar-refractivity contribution in [1.82, 2.24) is 15.8 Å². The Morgan fingerprint density at radius 1 is 1.11 bits per heavy atom. The summed E-state index contributed by atoms with van der Waals surface area (Å²) in [4.78, 5) is 36.1. The van der Waals surface area contributed by atoms with Crippen LogP contribution in [0.5, 0.6) is 0 Å². The summed E-state index contributed by atoms with van der Waals surface area (Å²) in [5.74, 6) is 0.269. The van der Waals surface area contributed by atoms with Gasteiger partial charge in [0.15, 0.2) is 0 Å². The van der Waals surface area contributed by atoms with Crippen molar-refractivity contribution in [2.45, 2.75) is 12.8 Å². The van der Waals surface area contributed by atoms with Crippen LogP contribution in [0.25, 0.3) is 11.3 Å². The van der Waals surface area contributed by atoms with Gasteiger partial charge in [-0.05, 0) is 12.1 Å². The largest absolute Gasteiger partial charge is 0.461 e. The normalized spacial score (nSPS) is 10.4. The standard InChI is InChI=1S/C18H16N4O5/c23-17(20-21-18(24)15-10-13(11-19-15)22(25)26)9-7-14-6-8-16(27-14)12-4-2-1-3-5-12/h1-6,8,10-11,19H,7,9H2,(H,20,23)(H,21,24). The van der Waals surface area contributed by atoms with E-state index < -0.39 is 16.7 Å². The minimum atomic E-state index is -0.680. The van der Waals surface area contributed by atoms with Crippen molar-refractivity contribution in [1.29, 1.82) is 0 Å². The molecule has 3 rings (SSSR count). The number of hydrogen-bond acceptors (Lipinski definition) is 5. The molecule has 0 aliphatic rings. The predicted octanol–water partition coefficient (Wildman–Crippen LogP) is 2.58. The number of carbonyl (C=O) groups excluding carboxylic acids is 2. The third-order valence-electron chi connectivity index (χ3n) is 3.76. The zero-order chi connectivity index (χ0) is 19.2. The minimum absolute atomic E-state index is 0.0273. The van der Waals surface area contributed by atoms with Gasteiger partial charge in [-0.15, -0.1) is 0 Å². The predicted molar refractivity (Wildman–Crippen MR) is 95.5 cm³/mol. The number of nitro groups is 1. The Bertz CT molecular complexity index is 961. The van der Waals surface area contributed by atoms with Crippen LogP contribution in [0.15, 0.2) is 59.1 Å². The molecule has 2 heterocycles. The van der Waals surface area contributed by atoms with Gasteiger partial charge in [0.2, 0.25) is 5.91 Å². The molecular formula is C18H16N4O5. The van der Waals surface area contributed by atoms with Crippen molar-refractivity contribution < 1.29 is 18.9 Å². The Balaban J connectivity index is 1.46. The SMILES string of the molecule is O=C(CCc1ccc(-c2ccccc2)o1)NNC(=O)c1cc([N+](=O)[O-])c[nH]1. The highest BCUT2D eigenvalue weighted by atomic mass is 16.6. The fourth-order valence-corrected chi connectivity index (χ4v) is 2.38. The molecule has 0 atom stereocenters. The minimum Gasteiger partial charge on any atom is -0.461 e. The first kappa shape index (κ1) is 17.9. The molecular weight excluding hydrogens is 352 g/mol. The molecule has 0 bridgehead atoms. The van der Waals surface area contributed by atoms with Gasteiger partial charge in [0.1, 0.15) is 17.2 Å². The Labute approximate surface area is 153 Å². The molecule has 3 aromatic rings. The summed E-state index contributed by atoms with van der Waals surface area (Å²) in [6.07, 6.45) is 1.56. The number of aryl methyl sites for hydroxylation is 1. The number of nitrogens with one attached hydrogen (secondary N) is 3. The third kappa shape index (κ3) is 4.60. The van der Waals surface area contributed by atoms with Crippen LogP contribution < -0.4 is 10.9 Å². The average Bonchev–Trinajstić information content (AvgIpc) is 3.35. The number of aromatic amines is 1. The highest BCUT2D eigenvalue weighted by molar-refractivity contribution is 5.94. The van der Waals surface area contributed by atoms with Gasteiger partial charge in [-0.1, -0.05) is 30.3 Å². The second-order valence-electron chi connectivity index (χ2n) is 5.66. The summed E-state index contributed by atoms with van der Waals surface area (Å²) < 4.78 is 5.70. The molecule has 27 heavy (non-hydrogen) atoms. The Morgan fingerprint density at radius 2 is 1.89 bits per heavy atom. The monoisotopic (exact) mass is 368 g/mol. The molecule has 0 aliphatic heterocycles. The van der Waals surface area contributed by atoms with Crippen LogP contribution in [0.4, 0.5) is 5.69 Å². The fraction of sp³-hybridized carbons (Fsp3) is 0.111. The number of nitrogens with zero attached hydrogens (tertiary/aromatic N) is 1. The number of H-pyrrole nitrogens is 1. The van der Waals surface area contributed by atoms with Crippen LogP contribution in [0.1, 0.15) is 22.7 Å². The van der Waals surface area contributed by atoms with E-state index in [2.05, 4.69) is 15.8 Å². The van der Waals surface area contributed by atoms with Crippen LogP contribution in [0.2, 0.25) is 0 Å². The second-order valence-corrected chi connectivity index (χ2v) is 5.66. The summed E-state index contributed by atoms with van der Waals surface area (Å²) in [7, 11) is 0. The van der Waals surface area contributed by atoms with Gasteiger partial charge in [0, 0.05) is 24.5 Å². The number of benzene rings is 1. The molecule has 0 fully saturated rings. The number of carbonyl (C=O) groups is 2. The van der Waals surface area contributed by atoms with Gasteiger partial charge < -0.3 is 9.40 Å². The Morgan fingerprint density at radius 3 is 2.59 bits per heavy atom. The molecule has 2 aromatic heterocycles. The van der Waals surface area contributed by atoms with E-state index in [4.69, 9.17) is 4.42 Å². The number of hydrogen-bond donors (Lipinski definition) is 3. The molecule has 0 radical (unpaired) electrons. The van der Waals surface area contributed by atoms with E-state index in [-0.39, 0.29) is 17.8 Å². The molecule has 9 heteroatoms. The first-order chi connectivity index (χ1) is 13.0. The molecule has 2 amide bonds. The molecule has 0 aliphatic carbocycles. The van der Waals surface area contributed by atoms with E-state index >= 15 is 0 Å². The van der Waals surface area contributed by atoms with Crippen LogP contribution in [0.3, 0.4) is 0 Å². The smallest absolute Gasteiger partial charge is 0.287 e. The lowest BCUT2D eigenvalue weighted by atomic mass is 10.2. The van der Waals surface area contributed by atoms with E-state index in [1.54, 1.807) is 6.07 Å². The zero-order valence-electron chi connectivity index (χ0n) is 14.1. The molecule has 138 valence electrons. The highest BCUT2D eigenvalue weighted by Crippen LogP contribution is 2.22. The molecule has 0 saturated heterocycles. The maximum absolute atomic E-state index is 11.9. The topological polar surface area (TPSA) is 130 Å². The fourth-order valence-electron chi connectivity index (χ4n) is 2.38. The Hall–Kier alpha value is -3.88. The van der Waals surface area contributed by atoms with Gasteiger partial charge in [0.25, 0.3) is 11.6 Å². The first-order valence-electron chi connectivity index (χ1n) is 8.09.